The summed E-state index contributed by atoms with van der Waals surface area (Å²) < 4.78 is 16.0. The van der Waals surface area contributed by atoms with Crippen molar-refractivity contribution in [1.82, 2.24) is 14.9 Å². The van der Waals surface area contributed by atoms with E-state index in [0.717, 1.165) is 10.0 Å². The number of halogens is 2. The van der Waals surface area contributed by atoms with Crippen molar-refractivity contribution < 1.29 is 9.18 Å². The van der Waals surface area contributed by atoms with Crippen LogP contribution >= 0.6 is 15.9 Å². The molecule has 0 fully saturated rings. The summed E-state index contributed by atoms with van der Waals surface area (Å²) in [6, 6.07) is 12.7. The lowest BCUT2D eigenvalue weighted by Gasteiger charge is -2.19. The highest BCUT2D eigenvalue weighted by Crippen LogP contribution is 2.22. The van der Waals surface area contributed by atoms with Crippen molar-refractivity contribution in [2.75, 3.05) is 0 Å². The van der Waals surface area contributed by atoms with Gasteiger partial charge in [-0.2, -0.15) is 0 Å². The number of aryl methyl sites for hydroxylation is 1. The number of imidazole rings is 1. The highest BCUT2D eigenvalue weighted by Gasteiger charge is 2.21. The van der Waals surface area contributed by atoms with Crippen molar-refractivity contribution in [2.45, 2.75) is 6.04 Å². The number of rotatable bonds is 4. The number of benzene rings is 2. The maximum absolute atomic E-state index is 13.2. The van der Waals surface area contributed by atoms with E-state index in [2.05, 4.69) is 26.2 Å². The molecule has 122 valence electrons. The van der Waals surface area contributed by atoms with E-state index in [1.807, 2.05) is 23.7 Å². The zero-order valence-electron chi connectivity index (χ0n) is 12.9. The molecule has 1 aromatic heterocycles. The van der Waals surface area contributed by atoms with E-state index in [1.165, 1.54) is 12.1 Å². The average molecular weight is 388 g/mol. The highest BCUT2D eigenvalue weighted by molar-refractivity contribution is 9.10. The first kappa shape index (κ1) is 16.4. The van der Waals surface area contributed by atoms with Gasteiger partial charge in [-0.05, 0) is 42.0 Å². The summed E-state index contributed by atoms with van der Waals surface area (Å²) in [5.41, 5.74) is 1.30. The largest absolute Gasteiger partial charge is 0.338 e. The maximum atomic E-state index is 13.2. The average Bonchev–Trinajstić information content (AvgIpc) is 3.00. The fraction of sp³-hybridized carbons (Fsp3) is 0.111. The zero-order chi connectivity index (χ0) is 17.1. The molecule has 4 nitrogen and oxygen atoms in total. The lowest BCUT2D eigenvalue weighted by molar-refractivity contribution is 0.0941. The monoisotopic (exact) mass is 387 g/mol. The van der Waals surface area contributed by atoms with Crippen LogP contribution < -0.4 is 5.32 Å². The Labute approximate surface area is 147 Å². The van der Waals surface area contributed by atoms with Gasteiger partial charge in [0.25, 0.3) is 5.91 Å². The van der Waals surface area contributed by atoms with Crippen LogP contribution in [0.3, 0.4) is 0 Å². The SMILES string of the molecule is Cn1ccnc1[C@@H](NC(=O)c1ccc(Br)cc1)c1ccc(F)cc1. The molecule has 24 heavy (non-hydrogen) atoms. The predicted octanol–water partition coefficient (Wildman–Crippen LogP) is 3.84. The number of aromatic nitrogens is 2. The molecule has 0 aliphatic heterocycles. The molecule has 3 rings (SSSR count). The number of hydrogen-bond donors (Lipinski definition) is 1. The van der Waals surface area contributed by atoms with Crippen LogP contribution in [-0.2, 0) is 7.05 Å². The molecule has 0 saturated carbocycles. The Hall–Kier alpha value is -2.47. The van der Waals surface area contributed by atoms with E-state index >= 15 is 0 Å². The quantitative estimate of drug-likeness (QED) is 0.738. The molecular weight excluding hydrogens is 373 g/mol. The molecule has 6 heteroatoms. The smallest absolute Gasteiger partial charge is 0.252 e. The molecule has 0 saturated heterocycles. The Bertz CT molecular complexity index is 843. The van der Waals surface area contributed by atoms with Gasteiger partial charge in [-0.15, -0.1) is 0 Å². The second-order valence-electron chi connectivity index (χ2n) is 5.36. The number of hydrogen-bond acceptors (Lipinski definition) is 2. The fourth-order valence-electron chi connectivity index (χ4n) is 2.42. The van der Waals surface area contributed by atoms with Crippen molar-refractivity contribution in [3.8, 4) is 0 Å². The van der Waals surface area contributed by atoms with Gasteiger partial charge in [-0.25, -0.2) is 9.37 Å². The Balaban J connectivity index is 1.93. The lowest BCUT2D eigenvalue weighted by Crippen LogP contribution is -2.31. The van der Waals surface area contributed by atoms with Gasteiger partial charge >= 0.3 is 0 Å². The van der Waals surface area contributed by atoms with Gasteiger partial charge in [0.15, 0.2) is 0 Å². The van der Waals surface area contributed by atoms with Crippen molar-refractivity contribution in [2.24, 2.45) is 7.05 Å². The first-order valence-corrected chi connectivity index (χ1v) is 8.13. The maximum Gasteiger partial charge on any atom is 0.252 e. The second kappa shape index (κ2) is 6.97. The summed E-state index contributed by atoms with van der Waals surface area (Å²) in [4.78, 5) is 16.9. The van der Waals surface area contributed by atoms with Crippen LogP contribution in [0.15, 0.2) is 65.4 Å². The summed E-state index contributed by atoms with van der Waals surface area (Å²) in [7, 11) is 1.85. The summed E-state index contributed by atoms with van der Waals surface area (Å²) >= 11 is 3.35. The summed E-state index contributed by atoms with van der Waals surface area (Å²) in [6.07, 6.45) is 3.47. The highest BCUT2D eigenvalue weighted by atomic mass is 79.9. The summed E-state index contributed by atoms with van der Waals surface area (Å²) in [5, 5.41) is 2.97. The zero-order valence-corrected chi connectivity index (χ0v) is 14.5. The van der Waals surface area contributed by atoms with Crippen LogP contribution in [-0.4, -0.2) is 15.5 Å². The number of amides is 1. The van der Waals surface area contributed by atoms with Gasteiger partial charge in [0.05, 0.1) is 0 Å². The Morgan fingerprint density at radius 2 is 1.83 bits per heavy atom. The van der Waals surface area contributed by atoms with Gasteiger partial charge < -0.3 is 9.88 Å². The van der Waals surface area contributed by atoms with Crippen molar-refractivity contribution >= 4 is 21.8 Å². The van der Waals surface area contributed by atoms with Gasteiger partial charge in [-0.3, -0.25) is 4.79 Å². The molecule has 0 unspecified atom stereocenters. The topological polar surface area (TPSA) is 46.9 Å². The van der Waals surface area contributed by atoms with Crippen molar-refractivity contribution in [1.29, 1.82) is 0 Å². The Morgan fingerprint density at radius 1 is 1.17 bits per heavy atom. The van der Waals surface area contributed by atoms with E-state index in [0.29, 0.717) is 11.4 Å². The Morgan fingerprint density at radius 3 is 2.42 bits per heavy atom. The minimum absolute atomic E-state index is 0.222. The molecular formula is C18H15BrFN3O. The molecule has 0 aliphatic rings. The van der Waals surface area contributed by atoms with Crippen LogP contribution in [0.25, 0.3) is 0 Å². The lowest BCUT2D eigenvalue weighted by atomic mass is 10.1. The first-order valence-electron chi connectivity index (χ1n) is 7.34. The standard InChI is InChI=1S/C18H15BrFN3O/c1-23-11-10-21-17(23)16(12-4-8-15(20)9-5-12)22-18(24)13-2-6-14(19)7-3-13/h2-11,16H,1H3,(H,22,24)/t16-/m0/s1. The molecule has 2 aromatic carbocycles. The molecule has 1 N–H and O–H groups in total. The predicted molar refractivity (Wildman–Crippen MR) is 93.1 cm³/mol. The Kier molecular flexibility index (Phi) is 4.76. The third-order valence-electron chi connectivity index (χ3n) is 3.70. The van der Waals surface area contributed by atoms with Crippen LogP contribution in [0.1, 0.15) is 27.8 Å². The van der Waals surface area contributed by atoms with Gasteiger partial charge in [-0.1, -0.05) is 28.1 Å². The molecule has 0 bridgehead atoms. The van der Waals surface area contributed by atoms with Crippen LogP contribution in [0, 0.1) is 5.82 Å². The van der Waals surface area contributed by atoms with E-state index < -0.39 is 6.04 Å². The van der Waals surface area contributed by atoms with Gasteiger partial charge in [0.1, 0.15) is 17.7 Å². The fourth-order valence-corrected chi connectivity index (χ4v) is 2.69. The summed E-state index contributed by atoms with van der Waals surface area (Å²) in [5.74, 6) is 0.128. The van der Waals surface area contributed by atoms with E-state index in [4.69, 9.17) is 0 Å². The molecule has 0 aliphatic carbocycles. The number of carbonyl (C=O) groups excluding carboxylic acids is 1. The van der Waals surface area contributed by atoms with Crippen LogP contribution in [0.2, 0.25) is 0 Å². The van der Waals surface area contributed by atoms with Crippen LogP contribution in [0.5, 0.6) is 0 Å². The number of carbonyl (C=O) groups is 1. The third-order valence-corrected chi connectivity index (χ3v) is 4.23. The van der Waals surface area contributed by atoms with Crippen molar-refractivity contribution in [3.63, 3.8) is 0 Å². The third kappa shape index (κ3) is 3.54. The van der Waals surface area contributed by atoms with Crippen LogP contribution in [0.4, 0.5) is 4.39 Å². The number of nitrogens with one attached hydrogen (secondary N) is 1. The first-order chi connectivity index (χ1) is 11.5. The molecule has 3 aromatic rings. The molecule has 1 atom stereocenters. The van der Waals surface area contributed by atoms with E-state index in [9.17, 15) is 9.18 Å². The molecule has 1 heterocycles. The minimum Gasteiger partial charge on any atom is -0.338 e. The van der Waals surface area contributed by atoms with Crippen molar-refractivity contribution in [3.05, 3.63) is 88.2 Å². The number of nitrogens with zero attached hydrogens (tertiary/aromatic N) is 2. The minimum atomic E-state index is -0.471. The molecule has 0 radical (unpaired) electrons. The van der Waals surface area contributed by atoms with E-state index in [1.54, 1.807) is 36.7 Å². The molecule has 1 amide bonds. The normalized spacial score (nSPS) is 12.0. The molecule has 0 spiro atoms. The van der Waals surface area contributed by atoms with Gasteiger partial charge in [0, 0.05) is 29.5 Å². The second-order valence-corrected chi connectivity index (χ2v) is 6.28. The summed E-state index contributed by atoms with van der Waals surface area (Å²) in [6.45, 7) is 0. The van der Waals surface area contributed by atoms with E-state index in [-0.39, 0.29) is 11.7 Å². The van der Waals surface area contributed by atoms with Gasteiger partial charge in [0.2, 0.25) is 0 Å².